The molecule has 2 aromatic rings. The lowest BCUT2D eigenvalue weighted by molar-refractivity contribution is 0.0796. The summed E-state index contributed by atoms with van der Waals surface area (Å²) in [6.45, 7) is 1.92. The molecule has 4 heteroatoms. The van der Waals surface area contributed by atoms with E-state index in [2.05, 4.69) is 0 Å². The Morgan fingerprint density at radius 3 is 2.57 bits per heavy atom. The van der Waals surface area contributed by atoms with E-state index in [4.69, 9.17) is 0 Å². The summed E-state index contributed by atoms with van der Waals surface area (Å²) < 4.78 is 0. The molecule has 4 nitrogen and oxygen atoms in total. The van der Waals surface area contributed by atoms with Crippen LogP contribution in [0.1, 0.15) is 26.3 Å². The van der Waals surface area contributed by atoms with Crippen molar-refractivity contribution < 1.29 is 19.8 Å². The van der Waals surface area contributed by atoms with Gasteiger partial charge in [0.05, 0.1) is 17.4 Å². The first-order chi connectivity index (χ1) is 11.0. The number of aromatic hydroxyl groups is 1. The quantitative estimate of drug-likeness (QED) is 0.773. The molecule has 4 rings (SSSR count). The Morgan fingerprint density at radius 1 is 1.00 bits per heavy atom. The third kappa shape index (κ3) is 1.78. The van der Waals surface area contributed by atoms with Crippen molar-refractivity contribution in [3.05, 3.63) is 63.5 Å². The number of ketones is 2. The van der Waals surface area contributed by atoms with Gasteiger partial charge in [-0.25, -0.2) is 0 Å². The second-order valence-corrected chi connectivity index (χ2v) is 6.07. The summed E-state index contributed by atoms with van der Waals surface area (Å²) in [7, 11) is 0. The summed E-state index contributed by atoms with van der Waals surface area (Å²) >= 11 is 0. The predicted molar refractivity (Wildman–Crippen MR) is 84.7 cm³/mol. The summed E-state index contributed by atoms with van der Waals surface area (Å²) in [5.74, 6) is -2.62. The number of fused-ring (bicyclic) bond motifs is 3. The van der Waals surface area contributed by atoms with E-state index in [1.165, 1.54) is 18.2 Å². The molecule has 0 aromatic heterocycles. The molecule has 0 heterocycles. The van der Waals surface area contributed by atoms with Crippen molar-refractivity contribution in [3.8, 4) is 5.75 Å². The molecular formula is C19H14O4. The van der Waals surface area contributed by atoms with Crippen molar-refractivity contribution in [1.29, 1.82) is 0 Å². The minimum Gasteiger partial charge on any atom is -0.511 e. The van der Waals surface area contributed by atoms with Crippen LogP contribution in [-0.4, -0.2) is 21.8 Å². The highest BCUT2D eigenvalue weighted by Crippen LogP contribution is 2.39. The Balaban J connectivity index is 2.04. The molecule has 0 saturated carbocycles. The zero-order valence-electron chi connectivity index (χ0n) is 12.4. The molecule has 0 spiro atoms. The van der Waals surface area contributed by atoms with Crippen molar-refractivity contribution in [2.24, 2.45) is 11.8 Å². The predicted octanol–water partition coefficient (Wildman–Crippen LogP) is 1.47. The van der Waals surface area contributed by atoms with Gasteiger partial charge in [0.15, 0.2) is 11.6 Å². The molecule has 0 amide bonds. The van der Waals surface area contributed by atoms with Crippen LogP contribution in [0.5, 0.6) is 5.75 Å². The van der Waals surface area contributed by atoms with Gasteiger partial charge in [0.1, 0.15) is 11.5 Å². The summed E-state index contributed by atoms with van der Waals surface area (Å²) in [5, 5.41) is 21.9. The third-order valence-electron chi connectivity index (χ3n) is 4.64. The number of phenols is 1. The fraction of sp³-hybridized carbons (Fsp3) is 0.158. The first-order valence-electron chi connectivity index (χ1n) is 7.41. The smallest absolute Gasteiger partial charge is 0.175 e. The summed E-state index contributed by atoms with van der Waals surface area (Å²) in [6.07, 6.45) is 1.72. The molecule has 2 aromatic carbocycles. The first kappa shape index (κ1) is 13.8. The van der Waals surface area contributed by atoms with Gasteiger partial charge in [-0.2, -0.15) is 0 Å². The average Bonchev–Trinajstić information content (AvgIpc) is 2.52. The van der Waals surface area contributed by atoms with E-state index in [0.29, 0.717) is 5.22 Å². The van der Waals surface area contributed by atoms with Crippen LogP contribution in [0.3, 0.4) is 0 Å². The number of benzene rings is 2. The summed E-state index contributed by atoms with van der Waals surface area (Å²) in [6, 6.07) is 9.94. The highest BCUT2D eigenvalue weighted by molar-refractivity contribution is 6.21. The van der Waals surface area contributed by atoms with Gasteiger partial charge in [0.25, 0.3) is 0 Å². The molecule has 2 atom stereocenters. The molecule has 114 valence electrons. The molecule has 2 N–H and O–H groups in total. The molecule has 0 saturated heterocycles. The van der Waals surface area contributed by atoms with E-state index in [9.17, 15) is 19.8 Å². The highest BCUT2D eigenvalue weighted by atomic mass is 16.3. The van der Waals surface area contributed by atoms with E-state index in [0.717, 1.165) is 10.8 Å². The molecule has 0 aliphatic heterocycles. The number of hydrogen-bond acceptors (Lipinski definition) is 4. The van der Waals surface area contributed by atoms with Crippen LogP contribution in [0.4, 0.5) is 0 Å². The highest BCUT2D eigenvalue weighted by Gasteiger charge is 2.45. The Bertz CT molecular complexity index is 1000. The lowest BCUT2D eigenvalue weighted by Gasteiger charge is -2.30. The Labute approximate surface area is 132 Å². The van der Waals surface area contributed by atoms with Crippen LogP contribution in [0.15, 0.2) is 36.4 Å². The number of phenolic OH excluding ortho intramolecular Hbond substituents is 1. The van der Waals surface area contributed by atoms with Gasteiger partial charge in [-0.1, -0.05) is 42.0 Å². The lowest BCUT2D eigenvalue weighted by atomic mass is 9.70. The minimum atomic E-state index is -0.910. The Hall–Kier alpha value is -2.88. The number of rotatable bonds is 0. The maximum absolute atomic E-state index is 12.8. The molecule has 2 unspecified atom stereocenters. The molecule has 0 radical (unpaired) electrons. The van der Waals surface area contributed by atoms with Gasteiger partial charge in [0, 0.05) is 10.8 Å². The van der Waals surface area contributed by atoms with E-state index in [1.807, 2.05) is 19.1 Å². The van der Waals surface area contributed by atoms with Crippen LogP contribution < -0.4 is 10.4 Å². The first-order valence-corrected chi connectivity index (χ1v) is 7.41. The van der Waals surface area contributed by atoms with Crippen LogP contribution in [0.2, 0.25) is 0 Å². The van der Waals surface area contributed by atoms with Crippen molar-refractivity contribution in [2.45, 2.75) is 6.92 Å². The number of Topliss-reactive ketones (excluding diaryl/α,β-unsaturated/α-hetero) is 2. The maximum atomic E-state index is 12.8. The number of aliphatic hydroxyl groups is 1. The van der Waals surface area contributed by atoms with Gasteiger partial charge < -0.3 is 10.2 Å². The lowest BCUT2D eigenvalue weighted by Crippen LogP contribution is -2.45. The van der Waals surface area contributed by atoms with Crippen LogP contribution in [-0.2, 0) is 0 Å². The second kappa shape index (κ2) is 4.56. The van der Waals surface area contributed by atoms with Gasteiger partial charge in [-0.3, -0.25) is 9.59 Å². The van der Waals surface area contributed by atoms with E-state index < -0.39 is 11.8 Å². The molecule has 23 heavy (non-hydrogen) atoms. The Morgan fingerprint density at radius 2 is 1.78 bits per heavy atom. The number of carbonyl (C=O) groups is 2. The van der Waals surface area contributed by atoms with E-state index >= 15 is 0 Å². The van der Waals surface area contributed by atoms with Crippen molar-refractivity contribution in [1.82, 2.24) is 0 Å². The maximum Gasteiger partial charge on any atom is 0.175 e. The largest absolute Gasteiger partial charge is 0.511 e. The van der Waals surface area contributed by atoms with Gasteiger partial charge >= 0.3 is 0 Å². The Kier molecular flexibility index (Phi) is 2.73. The fourth-order valence-electron chi connectivity index (χ4n) is 3.53. The van der Waals surface area contributed by atoms with Crippen molar-refractivity contribution in [3.63, 3.8) is 0 Å². The van der Waals surface area contributed by atoms with Gasteiger partial charge in [0.2, 0.25) is 0 Å². The van der Waals surface area contributed by atoms with Crippen LogP contribution in [0.25, 0.3) is 11.8 Å². The number of carbonyl (C=O) groups excluding carboxylic acids is 2. The zero-order chi connectivity index (χ0) is 16.3. The summed E-state index contributed by atoms with van der Waals surface area (Å²) in [4.78, 5) is 25.6. The monoisotopic (exact) mass is 306 g/mol. The van der Waals surface area contributed by atoms with Gasteiger partial charge in [-0.15, -0.1) is 0 Å². The van der Waals surface area contributed by atoms with E-state index in [-0.39, 0.29) is 34.2 Å². The fourth-order valence-corrected chi connectivity index (χ4v) is 3.53. The van der Waals surface area contributed by atoms with E-state index in [1.54, 1.807) is 12.1 Å². The zero-order valence-corrected chi connectivity index (χ0v) is 12.4. The number of aliphatic hydroxyl groups excluding tert-OH is 1. The standard InChI is InChI=1S/C19H14O4/c1-9-5-6-11-10(7-9)8-13-16(17(11)21)18(22)12-3-2-4-14(20)15(12)19(13)23/h2-8,13,16,20-21H,1H3. The molecule has 0 fully saturated rings. The van der Waals surface area contributed by atoms with Crippen molar-refractivity contribution >= 4 is 23.4 Å². The van der Waals surface area contributed by atoms with Crippen LogP contribution >= 0.6 is 0 Å². The molecular weight excluding hydrogens is 292 g/mol. The van der Waals surface area contributed by atoms with Gasteiger partial charge in [-0.05, 0) is 18.2 Å². The number of aryl methyl sites for hydroxylation is 1. The third-order valence-corrected chi connectivity index (χ3v) is 4.64. The molecule has 2 aliphatic carbocycles. The average molecular weight is 306 g/mol. The molecule has 0 bridgehead atoms. The minimum absolute atomic E-state index is 0.0545. The molecule has 2 aliphatic rings. The second-order valence-electron chi connectivity index (χ2n) is 6.07. The van der Waals surface area contributed by atoms with Crippen molar-refractivity contribution in [2.75, 3.05) is 0 Å². The van der Waals surface area contributed by atoms with Crippen LogP contribution in [0, 0.1) is 18.8 Å². The normalized spacial score (nSPS) is 22.0. The topological polar surface area (TPSA) is 74.6 Å². The summed E-state index contributed by atoms with van der Waals surface area (Å²) in [5.41, 5.74) is 1.23. The SMILES string of the molecule is Cc1ccc2c(c1)=CC1C(=O)c3c(O)cccc3C(=O)C1C=2O. The number of hydrogen-bond donors (Lipinski definition) is 2.